The van der Waals surface area contributed by atoms with Gasteiger partial charge in [-0.15, -0.1) is 0 Å². The lowest BCUT2D eigenvalue weighted by Crippen LogP contribution is -1.95. The summed E-state index contributed by atoms with van der Waals surface area (Å²) in [6, 6.07) is 21.9. The molecule has 8 heteroatoms. The van der Waals surface area contributed by atoms with Crippen LogP contribution >= 0.6 is 0 Å². The highest BCUT2D eigenvalue weighted by Gasteiger charge is 2.00. The lowest BCUT2D eigenvalue weighted by atomic mass is 10.1. The summed E-state index contributed by atoms with van der Waals surface area (Å²) >= 11 is 0. The predicted molar refractivity (Wildman–Crippen MR) is 121 cm³/mol. The number of carboxylic acids is 3. The Morgan fingerprint density at radius 3 is 1.30 bits per heavy atom. The summed E-state index contributed by atoms with van der Waals surface area (Å²) in [4.78, 5) is 47.1. The van der Waals surface area contributed by atoms with Crippen molar-refractivity contribution in [3.8, 4) is 0 Å². The van der Waals surface area contributed by atoms with Crippen LogP contribution in [-0.2, 0) is 9.59 Å². The average molecular weight is 454 g/mol. The van der Waals surface area contributed by atoms with Crippen LogP contribution in [0.3, 0.4) is 0 Å². The fourth-order valence-corrected chi connectivity index (χ4v) is 2.05. The van der Waals surface area contributed by atoms with E-state index in [1.54, 1.807) is 72.8 Å². The zero-order valence-electron chi connectivity index (χ0n) is 17.4. The van der Waals surface area contributed by atoms with E-state index in [1.807, 2.05) is 19.9 Å². The second-order valence-corrected chi connectivity index (χ2v) is 6.10. The van der Waals surface area contributed by atoms with E-state index in [2.05, 4.69) is 0 Å². The number of aromatic carboxylic acids is 3. The number of hydrogen-bond donors (Lipinski definition) is 3. The normalized spacial score (nSPS) is 8.30. The highest BCUT2D eigenvalue weighted by molar-refractivity contribution is 5.88. The van der Waals surface area contributed by atoms with Crippen LogP contribution in [0.5, 0.6) is 0 Å². The number of rotatable bonds is 3. The summed E-state index contributed by atoms with van der Waals surface area (Å²) < 4.78 is 0. The van der Waals surface area contributed by atoms with Gasteiger partial charge in [0.2, 0.25) is 0 Å². The van der Waals surface area contributed by atoms with Gasteiger partial charge in [0.05, 0.1) is 16.7 Å². The number of hydrogen-bond acceptors (Lipinski definition) is 5. The molecule has 0 aliphatic heterocycles. The van der Waals surface area contributed by atoms with E-state index in [-0.39, 0.29) is 13.6 Å². The van der Waals surface area contributed by atoms with Crippen molar-refractivity contribution in [1.82, 2.24) is 0 Å². The van der Waals surface area contributed by atoms with Gasteiger partial charge in [0.15, 0.2) is 0 Å². The van der Waals surface area contributed by atoms with Crippen molar-refractivity contribution in [2.24, 2.45) is 0 Å². The van der Waals surface area contributed by atoms with Crippen LogP contribution in [0.1, 0.15) is 49.6 Å². The standard InChI is InChI=1S/2C8H8O2.C7H6O2.CO2.CH4/c1-6-2-4-7(5-3-6)8(9)10;1-6-3-2-4-7(5-6)8(9)10;8-7(9)6-4-2-1-3-5-6;2-1-3;/h2*2-5H,1H3,(H,9,10);1-5H,(H,8,9);;1H4. The minimum absolute atomic E-state index is 0. The smallest absolute Gasteiger partial charge is 0.373 e. The molecule has 0 aromatic heterocycles. The molecule has 0 unspecified atom stereocenters. The number of benzene rings is 3. The molecule has 0 atom stereocenters. The Hall–Kier alpha value is -4.55. The zero-order chi connectivity index (χ0) is 24.5. The summed E-state index contributed by atoms with van der Waals surface area (Å²) in [5.74, 6) is -2.63. The predicted octanol–water partition coefficient (Wildman–Crippen LogP) is 4.82. The van der Waals surface area contributed by atoms with Crippen molar-refractivity contribution in [3.63, 3.8) is 0 Å². The van der Waals surface area contributed by atoms with Crippen LogP contribution in [0.25, 0.3) is 0 Å². The summed E-state index contributed by atoms with van der Waals surface area (Å²) in [6.07, 6.45) is 0.250. The Morgan fingerprint density at radius 1 is 0.576 bits per heavy atom. The molecule has 0 radical (unpaired) electrons. The highest BCUT2D eigenvalue weighted by Crippen LogP contribution is 2.03. The molecule has 174 valence electrons. The molecule has 0 aliphatic carbocycles. The number of carboxylic acid groups (broad SMARTS) is 3. The molecule has 33 heavy (non-hydrogen) atoms. The highest BCUT2D eigenvalue weighted by atomic mass is 16.4. The van der Waals surface area contributed by atoms with E-state index in [9.17, 15) is 14.4 Å². The summed E-state index contributed by atoms with van der Waals surface area (Å²) in [5, 5.41) is 25.4. The van der Waals surface area contributed by atoms with E-state index >= 15 is 0 Å². The SMILES string of the molecule is C.Cc1ccc(C(=O)O)cc1.Cc1cccc(C(=O)O)c1.O=C(O)c1ccccc1.O=C=O. The minimum Gasteiger partial charge on any atom is -0.478 e. The summed E-state index contributed by atoms with van der Waals surface area (Å²) in [6.45, 7) is 3.79. The molecule has 0 amide bonds. The first kappa shape index (κ1) is 30.6. The number of aryl methyl sites for hydroxylation is 2. The minimum atomic E-state index is -0.879. The van der Waals surface area contributed by atoms with E-state index in [0.29, 0.717) is 16.7 Å². The lowest BCUT2D eigenvalue weighted by Gasteiger charge is -1.93. The van der Waals surface area contributed by atoms with E-state index in [1.165, 1.54) is 0 Å². The molecule has 3 N–H and O–H groups in total. The molecule has 0 bridgehead atoms. The monoisotopic (exact) mass is 454 g/mol. The van der Waals surface area contributed by atoms with Gasteiger partial charge in [-0.2, -0.15) is 9.59 Å². The van der Waals surface area contributed by atoms with Gasteiger partial charge in [-0.05, 0) is 50.2 Å². The fraction of sp³-hybridized carbons (Fsp3) is 0.120. The molecule has 0 aliphatic rings. The van der Waals surface area contributed by atoms with Crippen LogP contribution in [0.15, 0.2) is 78.9 Å². The van der Waals surface area contributed by atoms with Crippen LogP contribution in [0, 0.1) is 13.8 Å². The van der Waals surface area contributed by atoms with Gasteiger partial charge in [0.1, 0.15) is 0 Å². The van der Waals surface area contributed by atoms with Crippen LogP contribution in [-0.4, -0.2) is 39.4 Å². The van der Waals surface area contributed by atoms with Crippen molar-refractivity contribution in [3.05, 3.63) is 107 Å². The molecule has 0 spiro atoms. The molecular weight excluding hydrogens is 428 g/mol. The Labute approximate surface area is 191 Å². The van der Waals surface area contributed by atoms with Gasteiger partial charge < -0.3 is 15.3 Å². The van der Waals surface area contributed by atoms with Crippen molar-refractivity contribution in [2.75, 3.05) is 0 Å². The van der Waals surface area contributed by atoms with Crippen molar-refractivity contribution >= 4 is 24.1 Å². The maximum Gasteiger partial charge on any atom is 0.373 e. The van der Waals surface area contributed by atoms with Gasteiger partial charge >= 0.3 is 24.1 Å². The summed E-state index contributed by atoms with van der Waals surface area (Å²) in [5.41, 5.74) is 3.06. The quantitative estimate of drug-likeness (QED) is 0.510. The van der Waals surface area contributed by atoms with Crippen molar-refractivity contribution < 1.29 is 39.3 Å². The fourth-order valence-electron chi connectivity index (χ4n) is 2.05. The Kier molecular flexibility index (Phi) is 15.9. The maximum absolute atomic E-state index is 10.4. The maximum atomic E-state index is 10.4. The topological polar surface area (TPSA) is 146 Å². The third-order valence-electron chi connectivity index (χ3n) is 3.58. The van der Waals surface area contributed by atoms with Gasteiger partial charge in [0, 0.05) is 0 Å². The second kappa shape index (κ2) is 17.2. The summed E-state index contributed by atoms with van der Waals surface area (Å²) in [7, 11) is 0. The molecule has 3 rings (SSSR count). The Bertz CT molecular complexity index is 1040. The first-order chi connectivity index (χ1) is 15.1. The molecule has 8 nitrogen and oxygen atoms in total. The van der Waals surface area contributed by atoms with E-state index < -0.39 is 17.9 Å². The largest absolute Gasteiger partial charge is 0.478 e. The van der Waals surface area contributed by atoms with Gasteiger partial charge in [-0.1, -0.05) is 61.0 Å². The van der Waals surface area contributed by atoms with Crippen LogP contribution in [0.2, 0.25) is 0 Å². The molecule has 0 saturated carbocycles. The lowest BCUT2D eigenvalue weighted by molar-refractivity contribution is -0.191. The molecule has 3 aromatic carbocycles. The first-order valence-corrected chi connectivity index (χ1v) is 8.99. The average Bonchev–Trinajstić information content (AvgIpc) is 2.76. The first-order valence-electron chi connectivity index (χ1n) is 8.99. The Balaban J connectivity index is 0. The zero-order valence-corrected chi connectivity index (χ0v) is 17.4. The van der Waals surface area contributed by atoms with Crippen LogP contribution < -0.4 is 0 Å². The number of carbonyl (C=O) groups is 3. The van der Waals surface area contributed by atoms with Crippen LogP contribution in [0.4, 0.5) is 0 Å². The molecule has 3 aromatic rings. The second-order valence-electron chi connectivity index (χ2n) is 6.10. The van der Waals surface area contributed by atoms with E-state index in [0.717, 1.165) is 11.1 Å². The molecule has 0 saturated heterocycles. The van der Waals surface area contributed by atoms with E-state index in [4.69, 9.17) is 24.9 Å². The third-order valence-corrected chi connectivity index (χ3v) is 3.58. The van der Waals surface area contributed by atoms with Gasteiger partial charge in [-0.25, -0.2) is 14.4 Å². The molecule has 0 fully saturated rings. The van der Waals surface area contributed by atoms with Gasteiger partial charge in [-0.3, -0.25) is 0 Å². The van der Waals surface area contributed by atoms with Crippen molar-refractivity contribution in [1.29, 1.82) is 0 Å². The van der Waals surface area contributed by atoms with Crippen molar-refractivity contribution in [2.45, 2.75) is 21.3 Å². The third kappa shape index (κ3) is 14.1. The Morgan fingerprint density at radius 2 is 0.970 bits per heavy atom. The number of carbonyl (C=O) groups excluding carboxylic acids is 2. The molecular formula is C25H26O8. The molecule has 0 heterocycles. The van der Waals surface area contributed by atoms with Gasteiger partial charge in [0.25, 0.3) is 0 Å².